The van der Waals surface area contributed by atoms with Gasteiger partial charge < -0.3 is 10.4 Å². The fourth-order valence-electron chi connectivity index (χ4n) is 2.45. The van der Waals surface area contributed by atoms with Crippen LogP contribution in [-0.2, 0) is 0 Å². The molecule has 0 saturated carbocycles. The normalized spacial score (nSPS) is 18.1. The molecule has 1 aromatic carbocycles. The maximum Gasteiger partial charge on any atom is 0.290 e. The summed E-state index contributed by atoms with van der Waals surface area (Å²) in [6.45, 7) is 0.451. The standard InChI is InChI=1S/C13H16ClF3N2O.ClH/c14-10-3-1-2-9(11(10)15)12(13(16,17)8-20)19-6-4-18-5-7-19;/h1-3,12,18,20H,4-8H2;1H/t12-;/m0./s1. The molecule has 1 fully saturated rings. The van der Waals surface area contributed by atoms with Crippen molar-refractivity contribution in [3.8, 4) is 0 Å². The van der Waals surface area contributed by atoms with Gasteiger partial charge in [-0.3, -0.25) is 4.90 Å². The minimum Gasteiger partial charge on any atom is -0.390 e. The Kier molecular flexibility index (Phi) is 6.74. The van der Waals surface area contributed by atoms with Gasteiger partial charge in [-0.2, -0.15) is 0 Å². The highest BCUT2D eigenvalue weighted by molar-refractivity contribution is 6.30. The summed E-state index contributed by atoms with van der Waals surface area (Å²) in [6, 6.07) is 2.51. The van der Waals surface area contributed by atoms with E-state index in [2.05, 4.69) is 5.32 Å². The predicted octanol–water partition coefficient (Wildman–Crippen LogP) is 2.47. The molecule has 2 N–H and O–H groups in total. The lowest BCUT2D eigenvalue weighted by Gasteiger charge is -2.38. The van der Waals surface area contributed by atoms with Crippen LogP contribution in [0.15, 0.2) is 18.2 Å². The van der Waals surface area contributed by atoms with Crippen LogP contribution in [0.3, 0.4) is 0 Å². The molecule has 21 heavy (non-hydrogen) atoms. The summed E-state index contributed by atoms with van der Waals surface area (Å²) in [5.74, 6) is -4.30. The Morgan fingerprint density at radius 2 is 1.95 bits per heavy atom. The maximum absolute atomic E-state index is 14.1. The number of nitrogens with zero attached hydrogens (tertiary/aromatic N) is 1. The van der Waals surface area contributed by atoms with Gasteiger partial charge in [0.2, 0.25) is 0 Å². The van der Waals surface area contributed by atoms with Crippen LogP contribution in [0, 0.1) is 5.82 Å². The van der Waals surface area contributed by atoms with E-state index >= 15 is 0 Å². The lowest BCUT2D eigenvalue weighted by Crippen LogP contribution is -2.51. The molecule has 120 valence electrons. The molecule has 0 bridgehead atoms. The molecule has 2 rings (SSSR count). The van der Waals surface area contributed by atoms with Gasteiger partial charge in [-0.25, -0.2) is 13.2 Å². The zero-order valence-corrected chi connectivity index (χ0v) is 12.7. The summed E-state index contributed by atoms with van der Waals surface area (Å²) in [5.41, 5.74) is -0.182. The Labute approximate surface area is 132 Å². The zero-order chi connectivity index (χ0) is 14.8. The van der Waals surface area contributed by atoms with Gasteiger partial charge in [0, 0.05) is 31.7 Å². The summed E-state index contributed by atoms with van der Waals surface area (Å²) >= 11 is 5.68. The third-order valence-corrected chi connectivity index (χ3v) is 3.70. The quantitative estimate of drug-likeness (QED) is 0.880. The summed E-state index contributed by atoms with van der Waals surface area (Å²) < 4.78 is 42.2. The molecule has 1 aromatic rings. The number of rotatable bonds is 4. The van der Waals surface area contributed by atoms with Gasteiger partial charge in [-0.15, -0.1) is 12.4 Å². The van der Waals surface area contributed by atoms with Crippen molar-refractivity contribution in [1.82, 2.24) is 10.2 Å². The second-order valence-electron chi connectivity index (χ2n) is 4.75. The second kappa shape index (κ2) is 7.65. The second-order valence-corrected chi connectivity index (χ2v) is 5.16. The van der Waals surface area contributed by atoms with Gasteiger partial charge in [0.1, 0.15) is 18.5 Å². The van der Waals surface area contributed by atoms with Crippen LogP contribution >= 0.6 is 24.0 Å². The van der Waals surface area contributed by atoms with Crippen molar-refractivity contribution < 1.29 is 18.3 Å². The van der Waals surface area contributed by atoms with E-state index < -0.39 is 24.4 Å². The molecule has 1 heterocycles. The van der Waals surface area contributed by atoms with Crippen molar-refractivity contribution in [2.45, 2.75) is 12.0 Å². The lowest BCUT2D eigenvalue weighted by molar-refractivity contribution is -0.119. The Morgan fingerprint density at radius 3 is 2.52 bits per heavy atom. The lowest BCUT2D eigenvalue weighted by atomic mass is 9.97. The van der Waals surface area contributed by atoms with Crippen LogP contribution in [0.25, 0.3) is 0 Å². The number of nitrogens with one attached hydrogen (secondary N) is 1. The Hall–Kier alpha value is -0.530. The largest absolute Gasteiger partial charge is 0.390 e. The molecule has 1 aliphatic rings. The molecule has 0 unspecified atom stereocenters. The number of halogens is 5. The molecular formula is C13H17Cl2F3N2O. The molecule has 1 atom stereocenters. The number of benzene rings is 1. The molecule has 1 aliphatic heterocycles. The van der Waals surface area contributed by atoms with Gasteiger partial charge in [-0.1, -0.05) is 23.7 Å². The van der Waals surface area contributed by atoms with Gasteiger partial charge >= 0.3 is 0 Å². The topological polar surface area (TPSA) is 35.5 Å². The number of aliphatic hydroxyl groups is 1. The molecule has 8 heteroatoms. The highest BCUT2D eigenvalue weighted by atomic mass is 35.5. The van der Waals surface area contributed by atoms with Crippen LogP contribution in [0.1, 0.15) is 11.6 Å². The van der Waals surface area contributed by atoms with E-state index in [0.29, 0.717) is 26.2 Å². The van der Waals surface area contributed by atoms with Gasteiger partial charge in [0.15, 0.2) is 0 Å². The van der Waals surface area contributed by atoms with E-state index in [4.69, 9.17) is 16.7 Å². The van der Waals surface area contributed by atoms with Crippen molar-refractivity contribution in [2.75, 3.05) is 32.8 Å². The smallest absolute Gasteiger partial charge is 0.290 e. The summed E-state index contributed by atoms with van der Waals surface area (Å²) in [4.78, 5) is 1.47. The number of aliphatic hydroxyl groups excluding tert-OH is 1. The van der Waals surface area contributed by atoms with Crippen LogP contribution in [0.2, 0.25) is 5.02 Å². The number of piperazine rings is 1. The summed E-state index contributed by atoms with van der Waals surface area (Å²) in [5, 5.41) is 11.8. The molecule has 0 amide bonds. The van der Waals surface area contributed by atoms with Crippen molar-refractivity contribution in [3.63, 3.8) is 0 Å². The van der Waals surface area contributed by atoms with Crippen molar-refractivity contribution in [3.05, 3.63) is 34.6 Å². The van der Waals surface area contributed by atoms with Crippen LogP contribution < -0.4 is 5.32 Å². The van der Waals surface area contributed by atoms with Crippen molar-refractivity contribution in [2.24, 2.45) is 0 Å². The molecule has 0 aromatic heterocycles. The minimum atomic E-state index is -3.44. The molecule has 1 saturated heterocycles. The van der Waals surface area contributed by atoms with E-state index in [1.165, 1.54) is 23.1 Å². The van der Waals surface area contributed by atoms with Gasteiger partial charge in [-0.05, 0) is 6.07 Å². The number of hydrogen-bond acceptors (Lipinski definition) is 3. The molecule has 0 radical (unpaired) electrons. The fraction of sp³-hybridized carbons (Fsp3) is 0.538. The third kappa shape index (κ3) is 4.02. The number of hydrogen-bond donors (Lipinski definition) is 2. The first-order valence-electron chi connectivity index (χ1n) is 6.34. The first-order valence-corrected chi connectivity index (χ1v) is 6.72. The first kappa shape index (κ1) is 18.5. The highest BCUT2D eigenvalue weighted by Gasteiger charge is 2.45. The van der Waals surface area contributed by atoms with Crippen molar-refractivity contribution in [1.29, 1.82) is 0 Å². The zero-order valence-electron chi connectivity index (χ0n) is 11.2. The Balaban J connectivity index is 0.00000220. The third-order valence-electron chi connectivity index (χ3n) is 3.40. The average molecular weight is 345 g/mol. The van der Waals surface area contributed by atoms with Gasteiger partial charge in [0.05, 0.1) is 5.02 Å². The fourth-order valence-corrected chi connectivity index (χ4v) is 2.63. The van der Waals surface area contributed by atoms with Crippen LogP contribution in [0.4, 0.5) is 13.2 Å². The van der Waals surface area contributed by atoms with E-state index in [1.807, 2.05) is 0 Å². The van der Waals surface area contributed by atoms with Crippen molar-refractivity contribution >= 4 is 24.0 Å². The average Bonchev–Trinajstić information content (AvgIpc) is 2.45. The Bertz CT molecular complexity index is 471. The monoisotopic (exact) mass is 344 g/mol. The first-order chi connectivity index (χ1) is 9.47. The molecule has 0 spiro atoms. The molecular weight excluding hydrogens is 328 g/mol. The SMILES string of the molecule is Cl.OCC(F)(F)[C@H](c1cccc(Cl)c1F)N1CCNCC1. The number of alkyl halides is 2. The van der Waals surface area contributed by atoms with Crippen LogP contribution in [-0.4, -0.2) is 48.7 Å². The van der Waals surface area contributed by atoms with Crippen LogP contribution in [0.5, 0.6) is 0 Å². The predicted molar refractivity (Wildman–Crippen MR) is 77.9 cm³/mol. The molecule has 0 aliphatic carbocycles. The summed E-state index contributed by atoms with van der Waals surface area (Å²) in [6.07, 6.45) is 0. The summed E-state index contributed by atoms with van der Waals surface area (Å²) in [7, 11) is 0. The van der Waals surface area contributed by atoms with E-state index in [9.17, 15) is 13.2 Å². The van der Waals surface area contributed by atoms with Gasteiger partial charge in [0.25, 0.3) is 5.92 Å². The molecule has 3 nitrogen and oxygen atoms in total. The minimum absolute atomic E-state index is 0. The van der Waals surface area contributed by atoms with E-state index in [1.54, 1.807) is 0 Å². The Morgan fingerprint density at radius 1 is 1.33 bits per heavy atom. The highest BCUT2D eigenvalue weighted by Crippen LogP contribution is 2.38. The van der Waals surface area contributed by atoms with E-state index in [-0.39, 0.29) is 23.0 Å². The maximum atomic E-state index is 14.1. The van der Waals surface area contributed by atoms with E-state index in [0.717, 1.165) is 0 Å².